The summed E-state index contributed by atoms with van der Waals surface area (Å²) in [5.74, 6) is -0.00815. The number of fused-ring (bicyclic) bond motifs is 1. The Hall–Kier alpha value is -1.49. The zero-order valence-electron chi connectivity index (χ0n) is 8.06. The Bertz CT molecular complexity index is 479. The molecule has 0 radical (unpaired) electrons. The molecule has 1 N–H and O–H groups in total. The zero-order valence-corrected chi connectivity index (χ0v) is 8.06. The molecule has 0 aliphatic rings. The second kappa shape index (κ2) is 3.58. The van der Waals surface area contributed by atoms with Gasteiger partial charge in [-0.25, -0.2) is 4.98 Å². The third-order valence-electron chi connectivity index (χ3n) is 2.19. The number of alkyl halides is 2. The summed E-state index contributed by atoms with van der Waals surface area (Å²) in [4.78, 5) is 3.97. The van der Waals surface area contributed by atoms with Crippen LogP contribution in [-0.2, 0) is 0 Å². The number of nitrogens with zero attached hydrogens (tertiary/aromatic N) is 2. The van der Waals surface area contributed by atoms with Crippen molar-refractivity contribution in [3.05, 3.63) is 30.1 Å². The summed E-state index contributed by atoms with van der Waals surface area (Å²) in [6, 6.07) is 6.58. The van der Waals surface area contributed by atoms with Crippen molar-refractivity contribution in [3.63, 3.8) is 0 Å². The van der Waals surface area contributed by atoms with E-state index in [9.17, 15) is 13.9 Å². The Morgan fingerprint density at radius 1 is 1.33 bits per heavy atom. The van der Waals surface area contributed by atoms with Crippen molar-refractivity contribution in [1.29, 1.82) is 0 Å². The van der Waals surface area contributed by atoms with Gasteiger partial charge in [-0.15, -0.1) is 0 Å². The van der Waals surface area contributed by atoms with Crippen molar-refractivity contribution in [2.45, 2.75) is 19.6 Å². The Morgan fingerprint density at radius 3 is 2.60 bits per heavy atom. The van der Waals surface area contributed by atoms with Crippen LogP contribution in [0.15, 0.2) is 24.3 Å². The topological polar surface area (TPSA) is 38.1 Å². The van der Waals surface area contributed by atoms with Gasteiger partial charge in [0.25, 0.3) is 0 Å². The van der Waals surface area contributed by atoms with Crippen LogP contribution in [0, 0.1) is 0 Å². The number of benzene rings is 1. The lowest BCUT2D eigenvalue weighted by molar-refractivity contribution is 0.0606. The summed E-state index contributed by atoms with van der Waals surface area (Å²) < 4.78 is 26.3. The molecular formula is C10H10F2N2O. The molecule has 0 aliphatic carbocycles. The van der Waals surface area contributed by atoms with Crippen LogP contribution in [0.2, 0.25) is 0 Å². The summed E-state index contributed by atoms with van der Waals surface area (Å²) in [6.07, 6.45) is -1.01. The molecule has 1 heterocycles. The van der Waals surface area contributed by atoms with Crippen LogP contribution in [0.1, 0.15) is 25.4 Å². The van der Waals surface area contributed by atoms with E-state index < -0.39 is 12.7 Å². The van der Waals surface area contributed by atoms with Gasteiger partial charge >= 0.3 is 6.55 Å². The van der Waals surface area contributed by atoms with E-state index in [0.29, 0.717) is 11.0 Å². The highest BCUT2D eigenvalue weighted by molar-refractivity contribution is 5.76. The number of rotatable bonds is 2. The first kappa shape index (κ1) is 10.0. The van der Waals surface area contributed by atoms with Crippen LogP contribution in [0.25, 0.3) is 11.0 Å². The van der Waals surface area contributed by atoms with Crippen LogP contribution < -0.4 is 0 Å². The fourth-order valence-electron chi connectivity index (χ4n) is 1.56. The van der Waals surface area contributed by atoms with Crippen molar-refractivity contribution in [2.75, 3.05) is 0 Å². The van der Waals surface area contributed by atoms with Crippen LogP contribution >= 0.6 is 0 Å². The van der Waals surface area contributed by atoms with E-state index in [1.54, 1.807) is 24.3 Å². The Balaban J connectivity index is 2.75. The molecule has 5 heteroatoms. The maximum absolute atomic E-state index is 12.8. The lowest BCUT2D eigenvalue weighted by atomic mass is 10.3. The van der Waals surface area contributed by atoms with Gasteiger partial charge in [-0.05, 0) is 19.1 Å². The molecule has 1 aromatic carbocycles. The molecule has 0 bridgehead atoms. The highest BCUT2D eigenvalue weighted by atomic mass is 19.3. The first-order valence-corrected chi connectivity index (χ1v) is 4.54. The largest absolute Gasteiger partial charge is 0.385 e. The first-order valence-electron chi connectivity index (χ1n) is 4.54. The highest BCUT2D eigenvalue weighted by Crippen LogP contribution is 2.26. The fraction of sp³-hybridized carbons (Fsp3) is 0.300. The van der Waals surface area contributed by atoms with Gasteiger partial charge in [0.05, 0.1) is 11.0 Å². The van der Waals surface area contributed by atoms with Gasteiger partial charge in [-0.1, -0.05) is 12.1 Å². The lowest BCUT2D eigenvalue weighted by Gasteiger charge is -2.08. The molecule has 0 fully saturated rings. The number of aliphatic hydroxyl groups is 1. The van der Waals surface area contributed by atoms with E-state index in [0.717, 1.165) is 4.57 Å². The maximum Gasteiger partial charge on any atom is 0.320 e. The maximum atomic E-state index is 12.8. The molecule has 2 aromatic rings. The van der Waals surface area contributed by atoms with Crippen LogP contribution in [0.4, 0.5) is 8.78 Å². The van der Waals surface area contributed by atoms with Crippen molar-refractivity contribution in [3.8, 4) is 0 Å². The number of imidazole rings is 1. The Labute approximate surface area is 85.0 Å². The molecule has 0 spiro atoms. The van der Waals surface area contributed by atoms with Gasteiger partial charge in [0.1, 0.15) is 11.9 Å². The van der Waals surface area contributed by atoms with Gasteiger partial charge in [-0.3, -0.25) is 4.57 Å². The summed E-state index contributed by atoms with van der Waals surface area (Å²) in [5, 5.41) is 9.34. The summed E-state index contributed by atoms with van der Waals surface area (Å²) in [5.41, 5.74) is 0.803. The van der Waals surface area contributed by atoms with Gasteiger partial charge in [-0.2, -0.15) is 8.78 Å². The van der Waals surface area contributed by atoms with Crippen LogP contribution in [0.3, 0.4) is 0 Å². The molecule has 1 unspecified atom stereocenters. The smallest absolute Gasteiger partial charge is 0.320 e. The average Bonchev–Trinajstić information content (AvgIpc) is 2.56. The lowest BCUT2D eigenvalue weighted by Crippen LogP contribution is -2.07. The van der Waals surface area contributed by atoms with E-state index in [-0.39, 0.29) is 5.82 Å². The fourth-order valence-corrected chi connectivity index (χ4v) is 1.56. The average molecular weight is 212 g/mol. The van der Waals surface area contributed by atoms with Crippen molar-refractivity contribution < 1.29 is 13.9 Å². The minimum Gasteiger partial charge on any atom is -0.385 e. The second-order valence-electron chi connectivity index (χ2n) is 3.28. The summed E-state index contributed by atoms with van der Waals surface area (Å²) >= 11 is 0. The normalized spacial score (nSPS) is 13.7. The van der Waals surface area contributed by atoms with Crippen LogP contribution in [-0.4, -0.2) is 14.7 Å². The highest BCUT2D eigenvalue weighted by Gasteiger charge is 2.19. The number of hydrogen-bond acceptors (Lipinski definition) is 2. The number of para-hydroxylation sites is 2. The zero-order chi connectivity index (χ0) is 11.0. The van der Waals surface area contributed by atoms with E-state index in [2.05, 4.69) is 4.98 Å². The molecule has 0 saturated heterocycles. The number of halogens is 2. The molecule has 2 rings (SSSR count). The second-order valence-corrected chi connectivity index (χ2v) is 3.28. The summed E-state index contributed by atoms with van der Waals surface area (Å²) in [7, 11) is 0. The molecular weight excluding hydrogens is 202 g/mol. The quantitative estimate of drug-likeness (QED) is 0.830. The molecule has 15 heavy (non-hydrogen) atoms. The van der Waals surface area contributed by atoms with Crippen molar-refractivity contribution in [2.24, 2.45) is 0 Å². The van der Waals surface area contributed by atoms with Gasteiger partial charge < -0.3 is 5.11 Å². The van der Waals surface area contributed by atoms with E-state index in [1.807, 2.05) is 0 Å². The van der Waals surface area contributed by atoms with E-state index in [1.165, 1.54) is 6.92 Å². The Morgan fingerprint density at radius 2 is 2.00 bits per heavy atom. The SMILES string of the molecule is CC(O)c1nc2ccccc2n1C(F)F. The van der Waals surface area contributed by atoms with Crippen molar-refractivity contribution in [1.82, 2.24) is 9.55 Å². The van der Waals surface area contributed by atoms with E-state index >= 15 is 0 Å². The van der Waals surface area contributed by atoms with Gasteiger partial charge in [0.15, 0.2) is 0 Å². The molecule has 80 valence electrons. The predicted octanol–water partition coefficient (Wildman–Crippen LogP) is 2.48. The third kappa shape index (κ3) is 1.59. The Kier molecular flexibility index (Phi) is 2.40. The molecule has 0 amide bonds. The minimum atomic E-state index is -2.69. The molecule has 0 aliphatic heterocycles. The van der Waals surface area contributed by atoms with Crippen molar-refractivity contribution >= 4 is 11.0 Å². The number of aliphatic hydroxyl groups excluding tert-OH is 1. The molecule has 3 nitrogen and oxygen atoms in total. The van der Waals surface area contributed by atoms with Crippen LogP contribution in [0.5, 0.6) is 0 Å². The molecule has 0 saturated carbocycles. The predicted molar refractivity (Wildman–Crippen MR) is 51.6 cm³/mol. The van der Waals surface area contributed by atoms with E-state index in [4.69, 9.17) is 0 Å². The number of hydrogen-bond donors (Lipinski definition) is 1. The minimum absolute atomic E-state index is 0.00815. The van der Waals surface area contributed by atoms with Gasteiger partial charge in [0.2, 0.25) is 0 Å². The monoisotopic (exact) mass is 212 g/mol. The number of aromatic nitrogens is 2. The molecule has 1 atom stereocenters. The third-order valence-corrected chi connectivity index (χ3v) is 2.19. The summed E-state index contributed by atoms with van der Waals surface area (Å²) in [6.45, 7) is -1.28. The first-order chi connectivity index (χ1) is 7.11. The van der Waals surface area contributed by atoms with Gasteiger partial charge in [0, 0.05) is 0 Å². The standard InChI is InChI=1S/C10H10F2N2O/c1-6(15)9-13-7-4-2-3-5-8(7)14(9)10(11)12/h2-6,10,15H,1H3. The molecule has 1 aromatic heterocycles.